The van der Waals surface area contributed by atoms with E-state index in [4.69, 9.17) is 4.74 Å². The van der Waals surface area contributed by atoms with Gasteiger partial charge >= 0.3 is 0 Å². The van der Waals surface area contributed by atoms with Crippen LogP contribution in [0.1, 0.15) is 18.5 Å². The van der Waals surface area contributed by atoms with Crippen LogP contribution in [-0.4, -0.2) is 24.4 Å². The topological polar surface area (TPSA) is 41.5 Å². The number of nitrogens with one attached hydrogen (secondary N) is 1. The molecule has 0 heterocycles. The van der Waals surface area contributed by atoms with Crippen molar-refractivity contribution in [1.82, 2.24) is 5.32 Å². The Bertz CT molecular complexity index is 814. The molecule has 0 spiro atoms. The maximum Gasteiger partial charge on any atom is 0.127 e. The number of aliphatic hydroxyl groups is 1. The van der Waals surface area contributed by atoms with Crippen LogP contribution in [0, 0.1) is 5.82 Å². The van der Waals surface area contributed by atoms with Crippen LogP contribution in [0.15, 0.2) is 66.7 Å². The van der Waals surface area contributed by atoms with Crippen LogP contribution in [0.25, 0.3) is 10.8 Å². The molecule has 0 aromatic heterocycles. The van der Waals surface area contributed by atoms with Gasteiger partial charge in [-0.05, 0) is 36.1 Å². The third-order valence-electron chi connectivity index (χ3n) is 4.21. The quantitative estimate of drug-likeness (QED) is 0.682. The van der Waals surface area contributed by atoms with E-state index in [1.54, 1.807) is 12.1 Å². The van der Waals surface area contributed by atoms with E-state index in [0.29, 0.717) is 6.54 Å². The summed E-state index contributed by atoms with van der Waals surface area (Å²) >= 11 is 0. The Kier molecular flexibility index (Phi) is 5.64. The van der Waals surface area contributed by atoms with Gasteiger partial charge in [-0.25, -0.2) is 4.39 Å². The smallest absolute Gasteiger partial charge is 0.127 e. The van der Waals surface area contributed by atoms with Gasteiger partial charge in [0.1, 0.15) is 24.3 Å². The van der Waals surface area contributed by atoms with Gasteiger partial charge in [0.25, 0.3) is 0 Å². The minimum Gasteiger partial charge on any atom is -0.490 e. The zero-order valence-electron chi connectivity index (χ0n) is 14.2. The van der Waals surface area contributed by atoms with Crippen molar-refractivity contribution < 1.29 is 14.2 Å². The van der Waals surface area contributed by atoms with Gasteiger partial charge < -0.3 is 15.2 Å². The van der Waals surface area contributed by atoms with Gasteiger partial charge in [0.05, 0.1) is 0 Å². The van der Waals surface area contributed by atoms with Crippen LogP contribution in [0.4, 0.5) is 4.39 Å². The Balaban J connectivity index is 1.52. The molecule has 25 heavy (non-hydrogen) atoms. The number of benzene rings is 3. The third-order valence-corrected chi connectivity index (χ3v) is 4.21. The molecule has 130 valence electrons. The van der Waals surface area contributed by atoms with Crippen molar-refractivity contribution in [1.29, 1.82) is 0 Å². The van der Waals surface area contributed by atoms with Crippen LogP contribution in [0.5, 0.6) is 5.75 Å². The van der Waals surface area contributed by atoms with Crippen molar-refractivity contribution in [2.75, 3.05) is 13.2 Å². The van der Waals surface area contributed by atoms with E-state index in [0.717, 1.165) is 22.1 Å². The molecule has 0 fully saturated rings. The number of hydrogen-bond acceptors (Lipinski definition) is 3. The van der Waals surface area contributed by atoms with Gasteiger partial charge in [-0.15, -0.1) is 0 Å². The van der Waals surface area contributed by atoms with Gasteiger partial charge in [0, 0.05) is 18.0 Å². The van der Waals surface area contributed by atoms with Crippen LogP contribution in [0.2, 0.25) is 0 Å². The zero-order chi connectivity index (χ0) is 17.6. The summed E-state index contributed by atoms with van der Waals surface area (Å²) < 4.78 is 18.8. The Morgan fingerprint density at radius 3 is 2.52 bits per heavy atom. The van der Waals surface area contributed by atoms with Crippen molar-refractivity contribution in [3.8, 4) is 5.75 Å². The molecule has 0 aliphatic carbocycles. The molecule has 3 nitrogen and oxygen atoms in total. The van der Waals surface area contributed by atoms with Gasteiger partial charge in [-0.2, -0.15) is 0 Å². The molecule has 4 heteroatoms. The Morgan fingerprint density at radius 1 is 1.00 bits per heavy atom. The summed E-state index contributed by atoms with van der Waals surface area (Å²) in [6, 6.07) is 20.3. The molecular weight excluding hydrogens is 317 g/mol. The fourth-order valence-corrected chi connectivity index (χ4v) is 2.75. The Morgan fingerprint density at radius 2 is 1.72 bits per heavy atom. The van der Waals surface area contributed by atoms with E-state index in [1.165, 1.54) is 12.1 Å². The Hall–Kier alpha value is -2.43. The van der Waals surface area contributed by atoms with E-state index in [9.17, 15) is 9.50 Å². The lowest BCUT2D eigenvalue weighted by Crippen LogP contribution is -2.33. The summed E-state index contributed by atoms with van der Waals surface area (Å²) in [7, 11) is 0. The summed E-state index contributed by atoms with van der Waals surface area (Å²) in [6.45, 7) is 2.58. The SMILES string of the molecule is CC(NCC(O)COc1cccc2ccccc12)c1ccc(F)cc1. The van der Waals surface area contributed by atoms with Gasteiger partial charge in [-0.1, -0.05) is 48.5 Å². The summed E-state index contributed by atoms with van der Waals surface area (Å²) in [5.41, 5.74) is 0.976. The maximum atomic E-state index is 13.0. The number of fused-ring (bicyclic) bond motifs is 1. The molecule has 0 saturated carbocycles. The summed E-state index contributed by atoms with van der Waals surface area (Å²) in [4.78, 5) is 0. The fourth-order valence-electron chi connectivity index (χ4n) is 2.75. The normalized spacial score (nSPS) is 13.6. The first kappa shape index (κ1) is 17.4. The predicted octanol–water partition coefficient (Wildman–Crippen LogP) is 4.07. The summed E-state index contributed by atoms with van der Waals surface area (Å²) in [5.74, 6) is 0.517. The molecule has 0 bridgehead atoms. The van der Waals surface area contributed by atoms with Crippen molar-refractivity contribution >= 4 is 10.8 Å². The Labute approximate surface area is 147 Å². The number of ether oxygens (including phenoxy) is 1. The minimum atomic E-state index is -0.637. The largest absolute Gasteiger partial charge is 0.490 e. The average molecular weight is 339 g/mol. The molecular formula is C21H22FNO2. The lowest BCUT2D eigenvalue weighted by molar-refractivity contribution is 0.105. The third kappa shape index (κ3) is 4.56. The van der Waals surface area contributed by atoms with E-state index in [-0.39, 0.29) is 18.5 Å². The fraction of sp³-hybridized carbons (Fsp3) is 0.238. The first-order valence-electron chi connectivity index (χ1n) is 8.41. The highest BCUT2D eigenvalue weighted by Gasteiger charge is 2.10. The first-order valence-corrected chi connectivity index (χ1v) is 8.41. The van der Waals surface area contributed by atoms with E-state index >= 15 is 0 Å². The molecule has 0 aliphatic rings. The van der Waals surface area contributed by atoms with Gasteiger partial charge in [-0.3, -0.25) is 0 Å². The second kappa shape index (κ2) is 8.10. The van der Waals surface area contributed by atoms with Crippen LogP contribution in [0.3, 0.4) is 0 Å². The van der Waals surface area contributed by atoms with Crippen molar-refractivity contribution in [2.24, 2.45) is 0 Å². The maximum absolute atomic E-state index is 13.0. The lowest BCUT2D eigenvalue weighted by atomic mass is 10.1. The number of aliphatic hydroxyl groups excluding tert-OH is 1. The molecule has 0 aliphatic heterocycles. The van der Waals surface area contributed by atoms with Crippen molar-refractivity contribution in [3.63, 3.8) is 0 Å². The van der Waals surface area contributed by atoms with Crippen molar-refractivity contribution in [3.05, 3.63) is 78.1 Å². The number of hydrogen-bond donors (Lipinski definition) is 2. The molecule has 2 unspecified atom stereocenters. The highest BCUT2D eigenvalue weighted by molar-refractivity contribution is 5.88. The van der Waals surface area contributed by atoms with E-state index in [2.05, 4.69) is 5.32 Å². The second-order valence-electron chi connectivity index (χ2n) is 6.12. The van der Waals surface area contributed by atoms with Gasteiger partial charge in [0.2, 0.25) is 0 Å². The average Bonchev–Trinajstić information content (AvgIpc) is 2.65. The monoisotopic (exact) mass is 339 g/mol. The van der Waals surface area contributed by atoms with Gasteiger partial charge in [0.15, 0.2) is 0 Å². The predicted molar refractivity (Wildman–Crippen MR) is 98.3 cm³/mol. The molecule has 0 radical (unpaired) electrons. The molecule has 3 rings (SSSR count). The van der Waals surface area contributed by atoms with Crippen molar-refractivity contribution in [2.45, 2.75) is 19.1 Å². The van der Waals surface area contributed by atoms with Crippen LogP contribution in [-0.2, 0) is 0 Å². The second-order valence-corrected chi connectivity index (χ2v) is 6.12. The molecule has 0 saturated heterocycles. The van der Waals surface area contributed by atoms with Crippen LogP contribution >= 0.6 is 0 Å². The summed E-state index contributed by atoms with van der Waals surface area (Å²) in [5, 5.41) is 15.6. The number of rotatable bonds is 7. The van der Waals surface area contributed by atoms with E-state index < -0.39 is 6.10 Å². The zero-order valence-corrected chi connectivity index (χ0v) is 14.2. The molecule has 2 N–H and O–H groups in total. The lowest BCUT2D eigenvalue weighted by Gasteiger charge is -2.18. The highest BCUT2D eigenvalue weighted by atomic mass is 19.1. The van der Waals surface area contributed by atoms with Crippen LogP contribution < -0.4 is 10.1 Å². The minimum absolute atomic E-state index is 0.0211. The molecule has 2 atom stereocenters. The van der Waals surface area contributed by atoms with E-state index in [1.807, 2.05) is 49.4 Å². The summed E-state index contributed by atoms with van der Waals surface area (Å²) in [6.07, 6.45) is -0.637. The molecule has 0 amide bonds. The first-order chi connectivity index (χ1) is 12.1. The standard InChI is InChI=1S/C21H22FNO2/c1-15(16-9-11-18(22)12-10-16)23-13-19(24)14-25-21-8-4-6-17-5-2-3-7-20(17)21/h2-12,15,19,23-24H,13-14H2,1H3. The molecule has 3 aromatic rings. The molecule has 3 aromatic carbocycles. The number of halogens is 1. The highest BCUT2D eigenvalue weighted by Crippen LogP contribution is 2.25.